The van der Waals surface area contributed by atoms with Gasteiger partial charge in [0.05, 0.1) is 0 Å². The molecule has 2 rings (SSSR count). The first-order valence-electron chi connectivity index (χ1n) is 5.35. The van der Waals surface area contributed by atoms with Gasteiger partial charge >= 0.3 is 0 Å². The molecular formula is C14H14N2. The van der Waals surface area contributed by atoms with E-state index in [0.717, 1.165) is 12.1 Å². The molecule has 0 amide bonds. The molecule has 0 aliphatic heterocycles. The van der Waals surface area contributed by atoms with Crippen LogP contribution in [0.25, 0.3) is 10.8 Å². The summed E-state index contributed by atoms with van der Waals surface area (Å²) in [5.41, 5.74) is 1.02. The lowest BCUT2D eigenvalue weighted by molar-refractivity contribution is 1.12. The van der Waals surface area contributed by atoms with Crippen LogP contribution in [0.5, 0.6) is 0 Å². The van der Waals surface area contributed by atoms with Crippen LogP contribution in [0, 0.1) is 0 Å². The number of nitrogens with zero attached hydrogens (tertiary/aromatic N) is 2. The second kappa shape index (κ2) is 4.71. The second-order valence-corrected chi connectivity index (χ2v) is 3.52. The zero-order valence-electron chi connectivity index (χ0n) is 9.35. The Morgan fingerprint density at radius 3 is 2.56 bits per heavy atom. The maximum absolute atomic E-state index is 4.31. The topological polar surface area (TPSA) is 24.7 Å². The van der Waals surface area contributed by atoms with Crippen LogP contribution in [0.4, 0.5) is 0 Å². The van der Waals surface area contributed by atoms with Crippen LogP contribution >= 0.6 is 0 Å². The Morgan fingerprint density at radius 2 is 1.88 bits per heavy atom. The fourth-order valence-electron chi connectivity index (χ4n) is 1.71. The molecule has 0 fully saturated rings. The van der Waals surface area contributed by atoms with Gasteiger partial charge in [0.25, 0.3) is 0 Å². The molecule has 2 aromatic rings. The van der Waals surface area contributed by atoms with Crippen LogP contribution in [-0.4, -0.2) is 19.1 Å². The third kappa shape index (κ3) is 2.01. The van der Waals surface area contributed by atoms with Gasteiger partial charge in [-0.25, -0.2) is 4.99 Å². The van der Waals surface area contributed by atoms with Gasteiger partial charge in [0.1, 0.15) is 0 Å². The number of rotatable bonds is 2. The first-order chi connectivity index (χ1) is 7.85. The van der Waals surface area contributed by atoms with Crippen LogP contribution in [0.15, 0.2) is 52.4 Å². The monoisotopic (exact) mass is 210 g/mol. The van der Waals surface area contributed by atoms with Gasteiger partial charge in [-0.05, 0) is 30.5 Å². The van der Waals surface area contributed by atoms with E-state index >= 15 is 0 Å². The van der Waals surface area contributed by atoms with Crippen LogP contribution in [0.1, 0.15) is 12.5 Å². The molecule has 0 bridgehead atoms. The van der Waals surface area contributed by atoms with Gasteiger partial charge in [0, 0.05) is 12.1 Å². The fraction of sp³-hybridized carbons (Fsp3) is 0.143. The fourth-order valence-corrected chi connectivity index (χ4v) is 1.71. The molecule has 0 saturated carbocycles. The highest BCUT2D eigenvalue weighted by molar-refractivity contribution is 6.04. The summed E-state index contributed by atoms with van der Waals surface area (Å²) in [6.07, 6.45) is 0. The average Bonchev–Trinajstić information content (AvgIpc) is 2.35. The van der Waals surface area contributed by atoms with Crippen molar-refractivity contribution in [3.05, 3.63) is 48.0 Å². The van der Waals surface area contributed by atoms with Gasteiger partial charge in [-0.3, -0.25) is 4.99 Å². The Labute approximate surface area is 95.4 Å². The molecule has 0 aliphatic rings. The third-order valence-electron chi connectivity index (χ3n) is 2.47. The van der Waals surface area contributed by atoms with E-state index in [4.69, 9.17) is 0 Å². The van der Waals surface area contributed by atoms with E-state index in [2.05, 4.69) is 41.0 Å². The van der Waals surface area contributed by atoms with Crippen molar-refractivity contribution < 1.29 is 0 Å². The molecule has 0 spiro atoms. The SMILES string of the molecule is C=N/C(=N\CC)c1ccc2ccccc2c1. The molecule has 2 aromatic carbocycles. The summed E-state index contributed by atoms with van der Waals surface area (Å²) < 4.78 is 0. The molecule has 16 heavy (non-hydrogen) atoms. The van der Waals surface area contributed by atoms with Crippen molar-refractivity contribution in [1.29, 1.82) is 0 Å². The molecule has 2 nitrogen and oxygen atoms in total. The summed E-state index contributed by atoms with van der Waals surface area (Å²) in [6.45, 7) is 6.27. The molecule has 0 aromatic heterocycles. The number of hydrogen-bond donors (Lipinski definition) is 0. The molecular weight excluding hydrogens is 196 g/mol. The molecule has 0 saturated heterocycles. The first kappa shape index (κ1) is 10.6. The van der Waals surface area contributed by atoms with E-state index in [-0.39, 0.29) is 0 Å². The second-order valence-electron chi connectivity index (χ2n) is 3.52. The zero-order valence-corrected chi connectivity index (χ0v) is 9.35. The third-order valence-corrected chi connectivity index (χ3v) is 2.47. The van der Waals surface area contributed by atoms with Crippen LogP contribution in [-0.2, 0) is 0 Å². The van der Waals surface area contributed by atoms with Crippen molar-refractivity contribution in [2.45, 2.75) is 6.92 Å². The summed E-state index contributed by atoms with van der Waals surface area (Å²) >= 11 is 0. The number of benzene rings is 2. The number of aliphatic imine (C=N–C) groups is 2. The summed E-state index contributed by atoms with van der Waals surface area (Å²) in [4.78, 5) is 8.26. The minimum absolute atomic E-state index is 0.716. The van der Waals surface area contributed by atoms with E-state index in [0.29, 0.717) is 5.84 Å². The van der Waals surface area contributed by atoms with Crippen molar-refractivity contribution >= 4 is 23.3 Å². The molecule has 0 unspecified atom stereocenters. The van der Waals surface area contributed by atoms with Crippen LogP contribution < -0.4 is 0 Å². The van der Waals surface area contributed by atoms with Crippen molar-refractivity contribution in [3.8, 4) is 0 Å². The Morgan fingerprint density at radius 1 is 1.12 bits per heavy atom. The quantitative estimate of drug-likeness (QED) is 0.536. The van der Waals surface area contributed by atoms with E-state index in [1.54, 1.807) is 0 Å². The zero-order chi connectivity index (χ0) is 11.4. The van der Waals surface area contributed by atoms with Crippen molar-refractivity contribution in [2.24, 2.45) is 9.98 Å². The van der Waals surface area contributed by atoms with E-state index in [1.807, 2.05) is 25.1 Å². The smallest absolute Gasteiger partial charge is 0.153 e. The summed E-state index contributed by atoms with van der Waals surface area (Å²) in [6, 6.07) is 14.5. The molecule has 0 N–H and O–H groups in total. The minimum atomic E-state index is 0.716. The maximum atomic E-state index is 4.31. The first-order valence-corrected chi connectivity index (χ1v) is 5.35. The highest BCUT2D eigenvalue weighted by atomic mass is 14.9. The predicted molar refractivity (Wildman–Crippen MR) is 70.6 cm³/mol. The minimum Gasteiger partial charge on any atom is -0.267 e. The number of fused-ring (bicyclic) bond motifs is 1. The highest BCUT2D eigenvalue weighted by Crippen LogP contribution is 2.16. The Hall–Kier alpha value is -1.96. The average molecular weight is 210 g/mol. The number of hydrogen-bond acceptors (Lipinski definition) is 1. The molecule has 0 atom stereocenters. The lowest BCUT2D eigenvalue weighted by Crippen LogP contribution is -1.97. The van der Waals surface area contributed by atoms with Gasteiger partial charge in [0.15, 0.2) is 5.84 Å². The van der Waals surface area contributed by atoms with Gasteiger partial charge in [-0.2, -0.15) is 0 Å². The van der Waals surface area contributed by atoms with Gasteiger partial charge in [0.2, 0.25) is 0 Å². The summed E-state index contributed by atoms with van der Waals surface area (Å²) in [7, 11) is 0. The molecule has 0 radical (unpaired) electrons. The Bertz CT molecular complexity index is 541. The molecule has 0 aliphatic carbocycles. The summed E-state index contributed by atoms with van der Waals surface area (Å²) in [5.74, 6) is 0.716. The lowest BCUT2D eigenvalue weighted by atomic mass is 10.1. The normalized spacial score (nSPS) is 11.7. The van der Waals surface area contributed by atoms with Crippen LogP contribution in [0.3, 0.4) is 0 Å². The van der Waals surface area contributed by atoms with Gasteiger partial charge in [-0.1, -0.05) is 36.4 Å². The molecule has 2 heteroatoms. The Kier molecular flexibility index (Phi) is 3.10. The van der Waals surface area contributed by atoms with Gasteiger partial charge in [-0.15, -0.1) is 0 Å². The van der Waals surface area contributed by atoms with Crippen molar-refractivity contribution in [1.82, 2.24) is 0 Å². The summed E-state index contributed by atoms with van der Waals surface area (Å²) in [5, 5.41) is 2.43. The maximum Gasteiger partial charge on any atom is 0.153 e. The largest absolute Gasteiger partial charge is 0.267 e. The van der Waals surface area contributed by atoms with Crippen molar-refractivity contribution in [3.63, 3.8) is 0 Å². The van der Waals surface area contributed by atoms with E-state index in [1.165, 1.54) is 10.8 Å². The van der Waals surface area contributed by atoms with Crippen LogP contribution in [0.2, 0.25) is 0 Å². The molecule has 80 valence electrons. The standard InChI is InChI=1S/C14H14N2/c1-3-16-14(15-2)13-9-8-11-6-4-5-7-12(11)10-13/h4-10H,2-3H2,1H3/b16-14-. The van der Waals surface area contributed by atoms with E-state index < -0.39 is 0 Å². The highest BCUT2D eigenvalue weighted by Gasteiger charge is 2.01. The molecule has 0 heterocycles. The predicted octanol–water partition coefficient (Wildman–Crippen LogP) is 3.31. The van der Waals surface area contributed by atoms with E-state index in [9.17, 15) is 0 Å². The van der Waals surface area contributed by atoms with Gasteiger partial charge < -0.3 is 0 Å². The van der Waals surface area contributed by atoms with Crippen molar-refractivity contribution in [2.75, 3.05) is 6.54 Å². The lowest BCUT2D eigenvalue weighted by Gasteiger charge is -2.02. The number of amidine groups is 1. The Balaban J connectivity index is 2.54.